The van der Waals surface area contributed by atoms with Gasteiger partial charge in [-0.05, 0) is 72.8 Å². The van der Waals surface area contributed by atoms with E-state index in [-0.39, 0.29) is 0 Å². The first kappa shape index (κ1) is 24.4. The Bertz CT molecular complexity index is 2330. The largest absolute Gasteiger partial charge is 0.135 e. The molecule has 0 radical (unpaired) electrons. The van der Waals surface area contributed by atoms with E-state index < -0.39 is 0 Å². The van der Waals surface area contributed by atoms with Crippen molar-refractivity contribution in [2.45, 2.75) is 0 Å². The van der Waals surface area contributed by atoms with Crippen molar-refractivity contribution in [2.24, 2.45) is 0 Å². The van der Waals surface area contributed by atoms with Crippen LogP contribution in [0.3, 0.4) is 0 Å². The molecule has 7 aromatic carbocycles. The molecule has 0 unspecified atom stereocenters. The van der Waals surface area contributed by atoms with E-state index in [4.69, 9.17) is 0 Å². The summed E-state index contributed by atoms with van der Waals surface area (Å²) >= 11 is 1.89. The quantitative estimate of drug-likeness (QED) is 0.197. The van der Waals surface area contributed by atoms with Crippen LogP contribution in [0, 0.1) is 0 Å². The lowest BCUT2D eigenvalue weighted by atomic mass is 9.78. The molecule has 0 spiro atoms. The molecule has 0 saturated carbocycles. The second kappa shape index (κ2) is 9.66. The molecule has 0 fully saturated rings. The van der Waals surface area contributed by atoms with Gasteiger partial charge in [-0.1, -0.05) is 152 Å². The summed E-state index contributed by atoms with van der Waals surface area (Å²) in [5.74, 6) is 0. The third-order valence-electron chi connectivity index (χ3n) is 8.90. The highest BCUT2D eigenvalue weighted by Gasteiger charge is 2.23. The van der Waals surface area contributed by atoms with Crippen molar-refractivity contribution in [3.8, 4) is 66.8 Å². The average molecular weight is 563 g/mol. The molecule has 0 atom stereocenters. The molecule has 1 heteroatoms. The number of hydrogen-bond donors (Lipinski definition) is 0. The number of thiophene rings is 1. The lowest BCUT2D eigenvalue weighted by Gasteiger charge is -2.25. The first-order valence-electron chi connectivity index (χ1n) is 14.8. The number of rotatable bonds is 2. The summed E-state index contributed by atoms with van der Waals surface area (Å²) in [5, 5.41) is 2.67. The van der Waals surface area contributed by atoms with Crippen LogP contribution < -0.4 is 0 Å². The normalized spacial score (nSPS) is 11.7. The van der Waals surface area contributed by atoms with Crippen LogP contribution in [0.5, 0.6) is 0 Å². The van der Waals surface area contributed by atoms with E-state index in [0.29, 0.717) is 0 Å². The third kappa shape index (κ3) is 3.75. The minimum atomic E-state index is 1.23. The van der Waals surface area contributed by atoms with Crippen molar-refractivity contribution in [3.63, 3.8) is 0 Å². The molecule has 0 saturated heterocycles. The fourth-order valence-corrected chi connectivity index (χ4v) is 8.19. The highest BCUT2D eigenvalue weighted by atomic mass is 32.1. The molecule has 0 nitrogen and oxygen atoms in total. The second-order valence-electron chi connectivity index (χ2n) is 11.2. The van der Waals surface area contributed by atoms with E-state index in [1.54, 1.807) is 0 Å². The van der Waals surface area contributed by atoms with E-state index in [1.165, 1.54) is 86.9 Å². The summed E-state index contributed by atoms with van der Waals surface area (Å²) in [6, 6.07) is 58.0. The molecule has 1 heterocycles. The van der Waals surface area contributed by atoms with E-state index in [2.05, 4.69) is 158 Å². The summed E-state index contributed by atoms with van der Waals surface area (Å²) in [5.41, 5.74) is 15.2. The van der Waals surface area contributed by atoms with Gasteiger partial charge in [0.25, 0.3) is 0 Å². The van der Waals surface area contributed by atoms with Crippen molar-refractivity contribution in [1.82, 2.24) is 0 Å². The fraction of sp³-hybridized carbons (Fsp3) is 0. The van der Waals surface area contributed by atoms with Gasteiger partial charge in [0.1, 0.15) is 0 Å². The minimum Gasteiger partial charge on any atom is -0.135 e. The van der Waals surface area contributed by atoms with Crippen LogP contribution in [-0.4, -0.2) is 0 Å². The molecule has 1 aliphatic carbocycles. The molecule has 0 amide bonds. The zero-order valence-electron chi connectivity index (χ0n) is 23.4. The number of hydrogen-bond acceptors (Lipinski definition) is 1. The second-order valence-corrected chi connectivity index (χ2v) is 12.3. The maximum absolute atomic E-state index is 2.30. The summed E-state index contributed by atoms with van der Waals surface area (Å²) in [6.45, 7) is 0. The highest BCUT2D eigenvalue weighted by Crippen LogP contribution is 2.50. The maximum atomic E-state index is 2.30. The van der Waals surface area contributed by atoms with Gasteiger partial charge in [0.05, 0.1) is 0 Å². The van der Waals surface area contributed by atoms with Crippen molar-refractivity contribution in [2.75, 3.05) is 0 Å². The molecule has 1 aliphatic rings. The molecular formula is C42H26S. The Morgan fingerprint density at radius 3 is 1.37 bits per heavy atom. The third-order valence-corrected chi connectivity index (χ3v) is 10.1. The van der Waals surface area contributed by atoms with Crippen molar-refractivity contribution in [3.05, 3.63) is 158 Å². The van der Waals surface area contributed by atoms with E-state index >= 15 is 0 Å². The summed E-state index contributed by atoms with van der Waals surface area (Å²) in [7, 11) is 0. The molecule has 8 aromatic rings. The molecule has 43 heavy (non-hydrogen) atoms. The molecule has 0 aliphatic heterocycles. The van der Waals surface area contributed by atoms with Gasteiger partial charge in [-0.2, -0.15) is 0 Å². The molecule has 1 aromatic heterocycles. The fourth-order valence-electron chi connectivity index (χ4n) is 6.95. The average Bonchev–Trinajstić information content (AvgIpc) is 3.47. The Balaban J connectivity index is 1.25. The lowest BCUT2D eigenvalue weighted by Crippen LogP contribution is -1.98. The Labute approximate surface area is 255 Å². The zero-order chi connectivity index (χ0) is 28.3. The monoisotopic (exact) mass is 562 g/mol. The Kier molecular flexibility index (Phi) is 5.47. The van der Waals surface area contributed by atoms with Gasteiger partial charge in [-0.3, -0.25) is 0 Å². The van der Waals surface area contributed by atoms with Crippen LogP contribution in [0.15, 0.2) is 158 Å². The summed E-state index contributed by atoms with van der Waals surface area (Å²) < 4.78 is 2.69. The van der Waals surface area contributed by atoms with Crippen molar-refractivity contribution in [1.29, 1.82) is 0 Å². The van der Waals surface area contributed by atoms with Crippen LogP contribution in [0.25, 0.3) is 86.9 Å². The van der Waals surface area contributed by atoms with Crippen LogP contribution in [0.2, 0.25) is 0 Å². The number of fused-ring (bicyclic) bond motifs is 11. The SMILES string of the molecule is c1ccc2c(c1)-c1ccccc1-c1cccc(-c3ccc(-c4cccc5c4sc4ccccc45)cc3)c1-c1ccccc1-2. The van der Waals surface area contributed by atoms with E-state index in [9.17, 15) is 0 Å². The maximum Gasteiger partial charge on any atom is 0.0433 e. The number of benzene rings is 7. The predicted molar refractivity (Wildman–Crippen MR) is 186 cm³/mol. The highest BCUT2D eigenvalue weighted by molar-refractivity contribution is 7.26. The van der Waals surface area contributed by atoms with E-state index in [1.807, 2.05) is 11.3 Å². The van der Waals surface area contributed by atoms with Crippen LogP contribution in [0.1, 0.15) is 0 Å². The first-order valence-corrected chi connectivity index (χ1v) is 15.6. The van der Waals surface area contributed by atoms with E-state index in [0.717, 1.165) is 0 Å². The van der Waals surface area contributed by atoms with Gasteiger partial charge < -0.3 is 0 Å². The first-order chi connectivity index (χ1) is 21.3. The minimum absolute atomic E-state index is 1.23. The summed E-state index contributed by atoms with van der Waals surface area (Å²) in [6.07, 6.45) is 0. The molecule has 0 N–H and O–H groups in total. The van der Waals surface area contributed by atoms with Crippen LogP contribution in [0.4, 0.5) is 0 Å². The topological polar surface area (TPSA) is 0 Å². The predicted octanol–water partition coefficient (Wildman–Crippen LogP) is 12.4. The van der Waals surface area contributed by atoms with Gasteiger partial charge in [-0.25, -0.2) is 0 Å². The van der Waals surface area contributed by atoms with Gasteiger partial charge in [-0.15, -0.1) is 11.3 Å². The standard InChI is InChI=1S/C42H26S/c1-2-12-32-31(11-1)33-13-3-4-14-35(33)38-20-9-18-29(41(38)37-17-6-5-15-34(32)37)27-23-25-28(26-24-27)30-19-10-21-39-36-16-7-8-22-40(36)43-42(30)39/h1-26H. The van der Waals surface area contributed by atoms with Crippen LogP contribution >= 0.6 is 11.3 Å². The smallest absolute Gasteiger partial charge is 0.0433 e. The van der Waals surface area contributed by atoms with Gasteiger partial charge in [0, 0.05) is 20.2 Å². The molecular weight excluding hydrogens is 537 g/mol. The summed E-state index contributed by atoms with van der Waals surface area (Å²) in [4.78, 5) is 0. The Morgan fingerprint density at radius 1 is 0.279 bits per heavy atom. The van der Waals surface area contributed by atoms with Crippen LogP contribution in [-0.2, 0) is 0 Å². The van der Waals surface area contributed by atoms with Crippen molar-refractivity contribution < 1.29 is 0 Å². The van der Waals surface area contributed by atoms with Gasteiger partial charge in [0.15, 0.2) is 0 Å². The van der Waals surface area contributed by atoms with Gasteiger partial charge >= 0.3 is 0 Å². The zero-order valence-corrected chi connectivity index (χ0v) is 24.2. The Hall–Kier alpha value is -5.24. The van der Waals surface area contributed by atoms with Crippen molar-refractivity contribution >= 4 is 31.5 Å². The molecule has 200 valence electrons. The lowest BCUT2D eigenvalue weighted by molar-refractivity contribution is 1.51. The molecule has 0 bridgehead atoms. The van der Waals surface area contributed by atoms with Gasteiger partial charge in [0.2, 0.25) is 0 Å². The Morgan fingerprint density at radius 2 is 0.698 bits per heavy atom. The molecule has 9 rings (SSSR count).